The number of fused-ring (bicyclic) bond motifs is 2. The number of carboxylic acids is 1. The Morgan fingerprint density at radius 1 is 0.684 bits per heavy atom. The smallest absolute Gasteiger partial charge is 0.303 e. The number of hydrogen-bond acceptors (Lipinski definition) is 7. The molecular formula is C46H60N6O5. The van der Waals surface area contributed by atoms with Crippen LogP contribution < -0.4 is 21.7 Å². The molecule has 0 bridgehead atoms. The Balaban J connectivity index is 0.000000210. The summed E-state index contributed by atoms with van der Waals surface area (Å²) in [6.45, 7) is 5.24. The molecule has 11 heteroatoms. The van der Waals surface area contributed by atoms with Crippen LogP contribution in [0.5, 0.6) is 0 Å². The van der Waals surface area contributed by atoms with Crippen molar-refractivity contribution in [2.24, 2.45) is 5.73 Å². The SMILES string of the molecule is CN(C)[C@H](CN)Cc1ccc2c(c1)CC(=O)N2.C[C@H](CC(=O)NC[C@H](Cc1ccc2c(c1)CC(=O)N2)N(C)C)c1ccccc1.C[C@H](CC(=O)O)c1ccccc1. The molecule has 6 rings (SSSR count). The van der Waals surface area contributed by atoms with Gasteiger partial charge in [-0.3, -0.25) is 19.2 Å². The topological polar surface area (TPSA) is 157 Å². The van der Waals surface area contributed by atoms with E-state index in [0.29, 0.717) is 38.4 Å². The summed E-state index contributed by atoms with van der Waals surface area (Å²) >= 11 is 0. The summed E-state index contributed by atoms with van der Waals surface area (Å²) in [5, 5.41) is 17.3. The zero-order valence-corrected chi connectivity index (χ0v) is 34.3. The molecule has 0 radical (unpaired) electrons. The Hall–Kier alpha value is -5.36. The second kappa shape index (κ2) is 21.8. The van der Waals surface area contributed by atoms with Gasteiger partial charge < -0.3 is 36.6 Å². The Labute approximate surface area is 338 Å². The summed E-state index contributed by atoms with van der Waals surface area (Å²) in [7, 11) is 8.13. The molecule has 0 spiro atoms. The van der Waals surface area contributed by atoms with Crippen molar-refractivity contribution in [3.63, 3.8) is 0 Å². The van der Waals surface area contributed by atoms with E-state index in [9.17, 15) is 19.2 Å². The van der Waals surface area contributed by atoms with Crippen LogP contribution in [0.1, 0.15) is 71.9 Å². The highest BCUT2D eigenvalue weighted by Gasteiger charge is 2.21. The minimum absolute atomic E-state index is 0.0520. The fourth-order valence-electron chi connectivity index (χ4n) is 6.92. The van der Waals surface area contributed by atoms with Gasteiger partial charge >= 0.3 is 5.97 Å². The monoisotopic (exact) mass is 776 g/mol. The fourth-order valence-corrected chi connectivity index (χ4v) is 6.92. The van der Waals surface area contributed by atoms with Crippen LogP contribution in [0, 0.1) is 0 Å². The number of likely N-dealkylation sites (N-methyl/N-ethyl adjacent to an activating group) is 2. The molecule has 0 unspecified atom stereocenters. The maximum absolute atomic E-state index is 12.4. The molecule has 0 fully saturated rings. The van der Waals surface area contributed by atoms with Crippen LogP contribution >= 0.6 is 0 Å². The van der Waals surface area contributed by atoms with E-state index >= 15 is 0 Å². The van der Waals surface area contributed by atoms with Crippen molar-refractivity contribution >= 4 is 35.1 Å². The van der Waals surface area contributed by atoms with Crippen LogP contribution in [0.25, 0.3) is 0 Å². The lowest BCUT2D eigenvalue weighted by atomic mass is 9.97. The lowest BCUT2D eigenvalue weighted by molar-refractivity contribution is -0.137. The highest BCUT2D eigenvalue weighted by molar-refractivity contribution is 5.99. The van der Waals surface area contributed by atoms with Gasteiger partial charge in [-0.2, -0.15) is 0 Å². The quantitative estimate of drug-likeness (QED) is 0.101. The van der Waals surface area contributed by atoms with E-state index in [1.165, 1.54) is 16.7 Å². The largest absolute Gasteiger partial charge is 0.481 e. The van der Waals surface area contributed by atoms with Crippen molar-refractivity contribution in [1.29, 1.82) is 0 Å². The van der Waals surface area contributed by atoms with E-state index in [2.05, 4.69) is 69.1 Å². The molecule has 4 aromatic rings. The number of nitrogens with two attached hydrogens (primary N) is 1. The molecule has 2 aliphatic heterocycles. The molecule has 4 aromatic carbocycles. The first-order chi connectivity index (χ1) is 27.2. The second-order valence-corrected chi connectivity index (χ2v) is 15.5. The molecule has 304 valence electrons. The summed E-state index contributed by atoms with van der Waals surface area (Å²) in [6.07, 6.45) is 3.37. The lowest BCUT2D eigenvalue weighted by Crippen LogP contribution is -2.41. The number of hydrogen-bond donors (Lipinski definition) is 5. The number of amides is 3. The summed E-state index contributed by atoms with van der Waals surface area (Å²) in [6, 6.07) is 32.6. The number of carboxylic acid groups (broad SMARTS) is 1. The maximum atomic E-state index is 12.4. The van der Waals surface area contributed by atoms with E-state index in [-0.39, 0.29) is 42.0 Å². The molecule has 11 nitrogen and oxygen atoms in total. The van der Waals surface area contributed by atoms with Crippen molar-refractivity contribution in [3.05, 3.63) is 130 Å². The molecule has 0 saturated carbocycles. The van der Waals surface area contributed by atoms with Gasteiger partial charge in [-0.05, 0) is 98.4 Å². The maximum Gasteiger partial charge on any atom is 0.303 e. The van der Waals surface area contributed by atoms with Gasteiger partial charge in [-0.25, -0.2) is 0 Å². The van der Waals surface area contributed by atoms with Gasteiger partial charge in [-0.1, -0.05) is 98.8 Å². The fraction of sp³-hybridized carbons (Fsp3) is 0.391. The third-order valence-electron chi connectivity index (χ3n) is 10.5. The van der Waals surface area contributed by atoms with Gasteiger partial charge in [-0.15, -0.1) is 0 Å². The Bertz CT molecular complexity index is 1930. The van der Waals surface area contributed by atoms with Crippen molar-refractivity contribution in [2.45, 2.75) is 76.3 Å². The number of benzene rings is 4. The molecule has 0 aromatic heterocycles. The standard InChI is InChI=1S/C23H29N3O2.C13H19N3O.C10H12O2/c1-16(18-7-5-4-6-8-18)11-22(27)24-15-20(26(2)3)13-17-9-10-21-19(12-17)14-23(28)25-21;1-16(2)11(8-14)6-9-3-4-12-10(5-9)7-13(17)15-12;1-8(7-10(11)12)9-5-3-2-4-6-9/h4-10,12,16,20H,11,13-15H2,1-3H3,(H,24,27)(H,25,28);3-5,11H,6-8,14H2,1-2H3,(H,15,17);2-6,8H,7H2,1H3,(H,11,12)/t16-,20+;11-;8-/m101/s1. The molecule has 2 heterocycles. The predicted molar refractivity (Wildman–Crippen MR) is 229 cm³/mol. The van der Waals surface area contributed by atoms with E-state index in [1.807, 2.05) is 95.8 Å². The van der Waals surface area contributed by atoms with E-state index < -0.39 is 5.97 Å². The number of aliphatic carboxylic acids is 1. The number of nitrogens with zero attached hydrogens (tertiary/aromatic N) is 2. The highest BCUT2D eigenvalue weighted by atomic mass is 16.4. The molecule has 4 atom stereocenters. The first-order valence-electron chi connectivity index (χ1n) is 19.7. The van der Waals surface area contributed by atoms with Crippen LogP contribution in [0.3, 0.4) is 0 Å². The molecule has 0 aliphatic carbocycles. The summed E-state index contributed by atoms with van der Waals surface area (Å²) in [5.74, 6) is -0.237. The average molecular weight is 777 g/mol. The number of anilines is 2. The third-order valence-corrected chi connectivity index (χ3v) is 10.5. The van der Waals surface area contributed by atoms with Crippen LogP contribution in [0.15, 0.2) is 97.1 Å². The van der Waals surface area contributed by atoms with Crippen molar-refractivity contribution < 1.29 is 24.3 Å². The third kappa shape index (κ3) is 14.3. The predicted octanol–water partition coefficient (Wildman–Crippen LogP) is 5.84. The normalized spacial score (nSPS) is 14.8. The first-order valence-corrected chi connectivity index (χ1v) is 19.7. The van der Waals surface area contributed by atoms with E-state index in [4.69, 9.17) is 10.8 Å². The lowest BCUT2D eigenvalue weighted by Gasteiger charge is -2.25. The van der Waals surface area contributed by atoms with Gasteiger partial charge in [0, 0.05) is 43.0 Å². The number of nitrogens with one attached hydrogen (secondary N) is 3. The zero-order valence-electron chi connectivity index (χ0n) is 34.3. The molecule has 6 N–H and O–H groups in total. The minimum Gasteiger partial charge on any atom is -0.481 e. The van der Waals surface area contributed by atoms with Crippen LogP contribution in [0.4, 0.5) is 11.4 Å². The zero-order chi connectivity index (χ0) is 41.5. The van der Waals surface area contributed by atoms with E-state index in [0.717, 1.165) is 40.9 Å². The van der Waals surface area contributed by atoms with Crippen LogP contribution in [-0.4, -0.2) is 92.0 Å². The number of carbonyl (C=O) groups is 4. The first kappa shape index (κ1) is 44.4. The Kier molecular flexibility index (Phi) is 17.0. The minimum atomic E-state index is -0.744. The average Bonchev–Trinajstić information content (AvgIpc) is 3.75. The second-order valence-electron chi connectivity index (χ2n) is 15.5. The van der Waals surface area contributed by atoms with Gasteiger partial charge in [0.15, 0.2) is 0 Å². The van der Waals surface area contributed by atoms with Crippen molar-refractivity contribution in [3.8, 4) is 0 Å². The summed E-state index contributed by atoms with van der Waals surface area (Å²) < 4.78 is 0. The van der Waals surface area contributed by atoms with Crippen LogP contribution in [-0.2, 0) is 44.9 Å². The molecule has 2 aliphatic rings. The van der Waals surface area contributed by atoms with Crippen molar-refractivity contribution in [2.75, 3.05) is 51.9 Å². The summed E-state index contributed by atoms with van der Waals surface area (Å²) in [4.78, 5) is 49.9. The molecule has 3 amide bonds. The van der Waals surface area contributed by atoms with Gasteiger partial charge in [0.1, 0.15) is 0 Å². The van der Waals surface area contributed by atoms with Gasteiger partial charge in [0.05, 0.1) is 19.3 Å². The van der Waals surface area contributed by atoms with Crippen LogP contribution in [0.2, 0.25) is 0 Å². The van der Waals surface area contributed by atoms with Crippen molar-refractivity contribution in [1.82, 2.24) is 15.1 Å². The van der Waals surface area contributed by atoms with E-state index in [1.54, 1.807) is 0 Å². The number of carbonyl (C=O) groups excluding carboxylic acids is 3. The highest BCUT2D eigenvalue weighted by Crippen LogP contribution is 2.26. The summed E-state index contributed by atoms with van der Waals surface area (Å²) in [5.41, 5.74) is 14.5. The molecule has 57 heavy (non-hydrogen) atoms. The Morgan fingerprint density at radius 2 is 1.12 bits per heavy atom. The Morgan fingerprint density at radius 3 is 1.54 bits per heavy atom. The van der Waals surface area contributed by atoms with Gasteiger partial charge in [0.25, 0.3) is 0 Å². The number of rotatable bonds is 15. The molecule has 0 saturated heterocycles. The molecular weight excluding hydrogens is 717 g/mol. The van der Waals surface area contributed by atoms with Gasteiger partial charge in [0.2, 0.25) is 17.7 Å².